The summed E-state index contributed by atoms with van der Waals surface area (Å²) in [5, 5.41) is 12.0. The molecule has 0 fully saturated rings. The molecule has 2 N–H and O–H groups in total. The normalized spacial score (nSPS) is 15.0. The quantitative estimate of drug-likeness (QED) is 0.805. The summed E-state index contributed by atoms with van der Waals surface area (Å²) in [6.45, 7) is 3.82. The van der Waals surface area contributed by atoms with Crippen LogP contribution < -0.4 is 5.32 Å². The zero-order valence-electron chi connectivity index (χ0n) is 8.80. The van der Waals surface area contributed by atoms with Gasteiger partial charge in [-0.1, -0.05) is 0 Å². The maximum Gasteiger partial charge on any atom is 0.126 e. The highest BCUT2D eigenvalue weighted by Crippen LogP contribution is 2.15. The summed E-state index contributed by atoms with van der Waals surface area (Å²) in [6, 6.07) is 3.21. The number of aliphatic hydroxyl groups excluding tert-OH is 1. The predicted molar refractivity (Wildman–Crippen MR) is 54.5 cm³/mol. The SMILES string of the molecule is C[C@H](NC[C@@H](C)O)c1cc(F)cc(F)c1. The first-order valence-electron chi connectivity index (χ1n) is 4.86. The summed E-state index contributed by atoms with van der Waals surface area (Å²) < 4.78 is 25.7. The lowest BCUT2D eigenvalue weighted by Gasteiger charge is -2.15. The maximum absolute atomic E-state index is 12.9. The van der Waals surface area contributed by atoms with Crippen LogP contribution in [0.4, 0.5) is 8.78 Å². The molecule has 0 aliphatic heterocycles. The lowest BCUT2D eigenvalue weighted by molar-refractivity contribution is 0.187. The van der Waals surface area contributed by atoms with Crippen LogP contribution in [0.15, 0.2) is 18.2 Å². The van der Waals surface area contributed by atoms with Crippen LogP contribution in [-0.2, 0) is 0 Å². The van der Waals surface area contributed by atoms with Crippen molar-refractivity contribution in [1.82, 2.24) is 5.32 Å². The van der Waals surface area contributed by atoms with Crippen molar-refractivity contribution in [3.63, 3.8) is 0 Å². The van der Waals surface area contributed by atoms with Crippen molar-refractivity contribution in [3.8, 4) is 0 Å². The molecule has 1 aromatic carbocycles. The molecule has 84 valence electrons. The molecule has 0 aliphatic carbocycles. The van der Waals surface area contributed by atoms with Gasteiger partial charge in [-0.15, -0.1) is 0 Å². The molecule has 2 atom stereocenters. The molecule has 0 spiro atoms. The minimum atomic E-state index is -0.587. The van der Waals surface area contributed by atoms with E-state index < -0.39 is 17.7 Å². The molecular weight excluding hydrogens is 200 g/mol. The Labute approximate surface area is 87.9 Å². The summed E-state index contributed by atoms with van der Waals surface area (Å²) >= 11 is 0. The smallest absolute Gasteiger partial charge is 0.126 e. The molecule has 0 saturated heterocycles. The lowest BCUT2D eigenvalue weighted by Crippen LogP contribution is -2.27. The van der Waals surface area contributed by atoms with E-state index in [0.717, 1.165) is 6.07 Å². The fraction of sp³-hybridized carbons (Fsp3) is 0.455. The first-order valence-corrected chi connectivity index (χ1v) is 4.86. The molecule has 0 heterocycles. The van der Waals surface area contributed by atoms with Crippen LogP contribution in [0.5, 0.6) is 0 Å². The van der Waals surface area contributed by atoms with E-state index in [2.05, 4.69) is 5.32 Å². The highest BCUT2D eigenvalue weighted by Gasteiger charge is 2.08. The molecule has 0 saturated carbocycles. The molecule has 2 nitrogen and oxygen atoms in total. The average Bonchev–Trinajstić information content (AvgIpc) is 2.12. The molecular formula is C11H15F2NO. The summed E-state index contributed by atoms with van der Waals surface area (Å²) in [4.78, 5) is 0. The Kier molecular flexibility index (Phi) is 4.17. The Morgan fingerprint density at radius 2 is 1.73 bits per heavy atom. The fourth-order valence-corrected chi connectivity index (χ4v) is 1.29. The van der Waals surface area contributed by atoms with Gasteiger partial charge in [-0.05, 0) is 31.5 Å². The first-order chi connectivity index (χ1) is 6.99. The average molecular weight is 215 g/mol. The molecule has 1 rings (SSSR count). The third kappa shape index (κ3) is 3.93. The predicted octanol–water partition coefficient (Wildman–Crippen LogP) is 2.00. The van der Waals surface area contributed by atoms with Crippen molar-refractivity contribution in [2.24, 2.45) is 0 Å². The zero-order chi connectivity index (χ0) is 11.4. The van der Waals surface area contributed by atoms with Crippen molar-refractivity contribution in [1.29, 1.82) is 0 Å². The van der Waals surface area contributed by atoms with Gasteiger partial charge in [0.2, 0.25) is 0 Å². The van der Waals surface area contributed by atoms with Gasteiger partial charge >= 0.3 is 0 Å². The van der Waals surface area contributed by atoms with Crippen molar-refractivity contribution in [2.45, 2.75) is 26.0 Å². The maximum atomic E-state index is 12.9. The summed E-state index contributed by atoms with van der Waals surface area (Å²) in [7, 11) is 0. The highest BCUT2D eigenvalue weighted by atomic mass is 19.1. The van der Waals surface area contributed by atoms with Crippen LogP contribution in [0, 0.1) is 11.6 Å². The summed E-state index contributed by atoms with van der Waals surface area (Å²) in [6.07, 6.45) is -0.481. The number of benzene rings is 1. The van der Waals surface area contributed by atoms with Gasteiger partial charge in [0.15, 0.2) is 0 Å². The second-order valence-electron chi connectivity index (χ2n) is 3.68. The number of hydrogen-bond acceptors (Lipinski definition) is 2. The molecule has 15 heavy (non-hydrogen) atoms. The van der Waals surface area contributed by atoms with E-state index in [1.165, 1.54) is 12.1 Å². The van der Waals surface area contributed by atoms with Gasteiger partial charge in [0.25, 0.3) is 0 Å². The van der Waals surface area contributed by atoms with Crippen LogP contribution in [-0.4, -0.2) is 17.8 Å². The van der Waals surface area contributed by atoms with Gasteiger partial charge in [-0.25, -0.2) is 8.78 Å². The standard InChI is InChI=1S/C11H15F2NO/c1-7(15)6-14-8(2)9-3-10(12)5-11(13)4-9/h3-5,7-8,14-15H,6H2,1-2H3/t7-,8+/m1/s1. The van der Waals surface area contributed by atoms with Crippen molar-refractivity contribution in [3.05, 3.63) is 35.4 Å². The van der Waals surface area contributed by atoms with Gasteiger partial charge in [0.05, 0.1) is 6.10 Å². The Morgan fingerprint density at radius 3 is 2.20 bits per heavy atom. The monoisotopic (exact) mass is 215 g/mol. The largest absolute Gasteiger partial charge is 0.392 e. The van der Waals surface area contributed by atoms with Crippen LogP contribution in [0.25, 0.3) is 0 Å². The Morgan fingerprint density at radius 1 is 1.20 bits per heavy atom. The van der Waals surface area contributed by atoms with Crippen LogP contribution in [0.3, 0.4) is 0 Å². The minimum absolute atomic E-state index is 0.190. The zero-order valence-corrected chi connectivity index (χ0v) is 8.80. The first kappa shape index (κ1) is 12.1. The second-order valence-corrected chi connectivity index (χ2v) is 3.68. The number of aliphatic hydroxyl groups is 1. The number of hydrogen-bond donors (Lipinski definition) is 2. The lowest BCUT2D eigenvalue weighted by atomic mass is 10.1. The van der Waals surface area contributed by atoms with Crippen molar-refractivity contribution < 1.29 is 13.9 Å². The number of rotatable bonds is 4. The van der Waals surface area contributed by atoms with Gasteiger partial charge in [0, 0.05) is 18.7 Å². The van der Waals surface area contributed by atoms with Crippen molar-refractivity contribution in [2.75, 3.05) is 6.54 Å². The Hall–Kier alpha value is -1.00. The number of halogens is 2. The van der Waals surface area contributed by atoms with Crippen LogP contribution in [0.2, 0.25) is 0 Å². The van der Waals surface area contributed by atoms with E-state index in [1.54, 1.807) is 13.8 Å². The van der Waals surface area contributed by atoms with Gasteiger partial charge in [0.1, 0.15) is 11.6 Å². The van der Waals surface area contributed by atoms with Gasteiger partial charge < -0.3 is 10.4 Å². The van der Waals surface area contributed by atoms with E-state index in [-0.39, 0.29) is 6.04 Å². The Balaban J connectivity index is 2.68. The molecule has 1 aromatic rings. The van der Waals surface area contributed by atoms with E-state index >= 15 is 0 Å². The van der Waals surface area contributed by atoms with Gasteiger partial charge in [-0.2, -0.15) is 0 Å². The summed E-state index contributed by atoms with van der Waals surface area (Å²) in [5.41, 5.74) is 0.535. The third-order valence-corrected chi connectivity index (χ3v) is 2.10. The molecule has 0 bridgehead atoms. The van der Waals surface area contributed by atoms with E-state index in [0.29, 0.717) is 12.1 Å². The number of nitrogens with one attached hydrogen (secondary N) is 1. The second kappa shape index (κ2) is 5.19. The third-order valence-electron chi connectivity index (χ3n) is 2.10. The molecule has 0 unspecified atom stereocenters. The Bertz CT molecular complexity index is 308. The molecule has 4 heteroatoms. The van der Waals surface area contributed by atoms with Crippen LogP contribution in [0.1, 0.15) is 25.5 Å². The molecule has 0 aromatic heterocycles. The van der Waals surface area contributed by atoms with E-state index in [9.17, 15) is 8.78 Å². The van der Waals surface area contributed by atoms with E-state index in [1.807, 2.05) is 0 Å². The van der Waals surface area contributed by atoms with Crippen LogP contribution >= 0.6 is 0 Å². The summed E-state index contributed by atoms with van der Waals surface area (Å²) in [5.74, 6) is -1.17. The van der Waals surface area contributed by atoms with E-state index in [4.69, 9.17) is 5.11 Å². The molecule has 0 aliphatic rings. The molecule has 0 radical (unpaired) electrons. The van der Waals surface area contributed by atoms with Crippen molar-refractivity contribution >= 4 is 0 Å². The fourth-order valence-electron chi connectivity index (χ4n) is 1.29. The molecule has 0 amide bonds. The minimum Gasteiger partial charge on any atom is -0.392 e. The van der Waals surface area contributed by atoms with Gasteiger partial charge in [-0.3, -0.25) is 0 Å². The highest BCUT2D eigenvalue weighted by molar-refractivity contribution is 5.20. The topological polar surface area (TPSA) is 32.3 Å².